The van der Waals surface area contributed by atoms with E-state index < -0.39 is 0 Å². The number of nitrogens with zero attached hydrogens (tertiary/aromatic N) is 3. The molecule has 1 aliphatic rings. The van der Waals surface area contributed by atoms with Gasteiger partial charge in [0.05, 0.1) is 11.6 Å². The molecule has 3 nitrogen and oxygen atoms in total. The van der Waals surface area contributed by atoms with Gasteiger partial charge in [0.2, 0.25) is 0 Å². The average Bonchev–Trinajstić information content (AvgIpc) is 2.93. The van der Waals surface area contributed by atoms with Crippen molar-refractivity contribution >= 4 is 11.0 Å². The third kappa shape index (κ3) is 2.14. The highest BCUT2D eigenvalue weighted by atomic mass is 15.1. The summed E-state index contributed by atoms with van der Waals surface area (Å²) in [5.41, 5.74) is 6.61. The number of aryl methyl sites for hydroxylation is 3. The van der Waals surface area contributed by atoms with Gasteiger partial charge < -0.3 is 4.57 Å². The maximum Gasteiger partial charge on any atom is 0.142 e. The first-order valence-corrected chi connectivity index (χ1v) is 8.15. The minimum atomic E-state index is 0.276. The van der Waals surface area contributed by atoms with Crippen LogP contribution in [0.25, 0.3) is 11.0 Å². The Morgan fingerprint density at radius 3 is 2.91 bits per heavy atom. The molecule has 1 aromatic carbocycles. The molecule has 0 saturated heterocycles. The third-order valence-corrected chi connectivity index (χ3v) is 4.90. The fourth-order valence-corrected chi connectivity index (χ4v) is 3.94. The van der Waals surface area contributed by atoms with Crippen molar-refractivity contribution in [1.82, 2.24) is 9.55 Å². The second-order valence-electron chi connectivity index (χ2n) is 6.45. The standard InChI is InChI=1S/C20H19N3/c1-13-10-14(2)22-20-19(13)16(11-21)12-23(20)18-9-5-7-15-6-3-4-8-17(15)18/h3-4,6,8,10,12,18H,5,7,9H2,1-2H3/t18-/m0/s1. The second-order valence-corrected chi connectivity index (χ2v) is 6.45. The molecule has 0 amide bonds. The number of aromatic nitrogens is 2. The van der Waals surface area contributed by atoms with Crippen molar-refractivity contribution in [1.29, 1.82) is 5.26 Å². The van der Waals surface area contributed by atoms with Crippen LogP contribution in [0, 0.1) is 25.2 Å². The normalized spacial score (nSPS) is 17.0. The highest BCUT2D eigenvalue weighted by Gasteiger charge is 2.24. The van der Waals surface area contributed by atoms with Crippen molar-refractivity contribution in [2.75, 3.05) is 0 Å². The molecule has 1 aliphatic carbocycles. The smallest absolute Gasteiger partial charge is 0.142 e. The van der Waals surface area contributed by atoms with Gasteiger partial charge in [0, 0.05) is 17.3 Å². The van der Waals surface area contributed by atoms with Gasteiger partial charge in [-0.05, 0) is 55.9 Å². The van der Waals surface area contributed by atoms with Crippen LogP contribution in [-0.4, -0.2) is 9.55 Å². The van der Waals surface area contributed by atoms with Gasteiger partial charge in [0.15, 0.2) is 0 Å². The summed E-state index contributed by atoms with van der Waals surface area (Å²) in [7, 11) is 0. The summed E-state index contributed by atoms with van der Waals surface area (Å²) in [4.78, 5) is 4.77. The molecule has 0 bridgehead atoms. The fraction of sp³-hybridized carbons (Fsp3) is 0.300. The maximum absolute atomic E-state index is 9.55. The summed E-state index contributed by atoms with van der Waals surface area (Å²) < 4.78 is 2.23. The molecule has 1 atom stereocenters. The van der Waals surface area contributed by atoms with E-state index in [-0.39, 0.29) is 6.04 Å². The van der Waals surface area contributed by atoms with Crippen LogP contribution in [0.1, 0.15) is 46.8 Å². The van der Waals surface area contributed by atoms with Gasteiger partial charge in [-0.2, -0.15) is 5.26 Å². The summed E-state index contributed by atoms with van der Waals surface area (Å²) >= 11 is 0. The van der Waals surface area contributed by atoms with Crippen molar-refractivity contribution in [2.45, 2.75) is 39.2 Å². The zero-order chi connectivity index (χ0) is 16.0. The number of hydrogen-bond acceptors (Lipinski definition) is 2. The molecule has 0 unspecified atom stereocenters. The largest absolute Gasteiger partial charge is 0.324 e. The first-order chi connectivity index (χ1) is 11.2. The molecule has 114 valence electrons. The predicted octanol–water partition coefficient (Wildman–Crippen LogP) is 4.45. The summed E-state index contributed by atoms with van der Waals surface area (Å²) in [5.74, 6) is 0. The average molecular weight is 301 g/mol. The van der Waals surface area contributed by atoms with E-state index in [1.165, 1.54) is 17.5 Å². The lowest BCUT2D eigenvalue weighted by Gasteiger charge is -2.27. The minimum Gasteiger partial charge on any atom is -0.324 e. The Kier molecular flexibility index (Phi) is 3.20. The zero-order valence-corrected chi connectivity index (χ0v) is 13.5. The van der Waals surface area contributed by atoms with Crippen LogP contribution in [0.3, 0.4) is 0 Å². The number of pyridine rings is 1. The number of benzene rings is 1. The minimum absolute atomic E-state index is 0.276. The first kappa shape index (κ1) is 14.0. The van der Waals surface area contributed by atoms with E-state index in [4.69, 9.17) is 4.98 Å². The van der Waals surface area contributed by atoms with Crippen LogP contribution in [0.5, 0.6) is 0 Å². The van der Waals surface area contributed by atoms with Gasteiger partial charge in [-0.25, -0.2) is 4.98 Å². The molecule has 2 heterocycles. The monoisotopic (exact) mass is 301 g/mol. The third-order valence-electron chi connectivity index (χ3n) is 4.90. The highest BCUT2D eigenvalue weighted by molar-refractivity contribution is 5.87. The topological polar surface area (TPSA) is 41.6 Å². The lowest BCUT2D eigenvalue weighted by molar-refractivity contribution is 0.499. The van der Waals surface area contributed by atoms with E-state index >= 15 is 0 Å². The SMILES string of the molecule is Cc1cc(C)c2c(C#N)cn([C@H]3CCCc4ccccc43)c2n1. The maximum atomic E-state index is 9.55. The molecule has 3 aromatic rings. The number of hydrogen-bond donors (Lipinski definition) is 0. The molecule has 0 spiro atoms. The van der Waals surface area contributed by atoms with Crippen LogP contribution >= 0.6 is 0 Å². The molecule has 0 radical (unpaired) electrons. The fourth-order valence-electron chi connectivity index (χ4n) is 3.94. The Morgan fingerprint density at radius 1 is 1.26 bits per heavy atom. The van der Waals surface area contributed by atoms with Crippen molar-refractivity contribution in [2.24, 2.45) is 0 Å². The number of rotatable bonds is 1. The summed E-state index contributed by atoms with van der Waals surface area (Å²) in [6.07, 6.45) is 5.41. The highest BCUT2D eigenvalue weighted by Crippen LogP contribution is 2.36. The molecule has 0 N–H and O–H groups in total. The van der Waals surface area contributed by atoms with Crippen LogP contribution < -0.4 is 0 Å². The Bertz CT molecular complexity index is 943. The Labute approximate surface area is 136 Å². The molecule has 3 heteroatoms. The molecule has 4 rings (SSSR count). The molecule has 0 fully saturated rings. The van der Waals surface area contributed by atoms with Crippen LogP contribution in [-0.2, 0) is 6.42 Å². The van der Waals surface area contributed by atoms with E-state index in [2.05, 4.69) is 47.9 Å². The van der Waals surface area contributed by atoms with E-state index in [1.54, 1.807) is 0 Å². The Hall–Kier alpha value is -2.60. The van der Waals surface area contributed by atoms with E-state index in [0.29, 0.717) is 0 Å². The van der Waals surface area contributed by atoms with Crippen molar-refractivity contribution in [3.8, 4) is 6.07 Å². The predicted molar refractivity (Wildman–Crippen MR) is 91.4 cm³/mol. The molecular weight excluding hydrogens is 282 g/mol. The van der Waals surface area contributed by atoms with Crippen LogP contribution in [0.2, 0.25) is 0 Å². The number of nitriles is 1. The van der Waals surface area contributed by atoms with Crippen molar-refractivity contribution < 1.29 is 0 Å². The molecular formula is C20H19N3. The number of fused-ring (bicyclic) bond motifs is 2. The molecule has 0 aliphatic heterocycles. The quantitative estimate of drug-likeness (QED) is 0.666. The zero-order valence-electron chi connectivity index (χ0n) is 13.5. The molecule has 2 aromatic heterocycles. The second kappa shape index (κ2) is 5.24. The Morgan fingerprint density at radius 2 is 2.09 bits per heavy atom. The van der Waals surface area contributed by atoms with E-state index in [0.717, 1.165) is 40.7 Å². The lowest BCUT2D eigenvalue weighted by atomic mass is 9.87. The lowest BCUT2D eigenvalue weighted by Crippen LogP contribution is -2.17. The summed E-state index contributed by atoms with van der Waals surface area (Å²) in [6.45, 7) is 4.08. The molecule has 0 saturated carbocycles. The summed E-state index contributed by atoms with van der Waals surface area (Å²) in [5, 5.41) is 10.5. The molecule has 23 heavy (non-hydrogen) atoms. The van der Waals surface area contributed by atoms with Crippen molar-refractivity contribution in [3.63, 3.8) is 0 Å². The van der Waals surface area contributed by atoms with Gasteiger partial charge in [0.1, 0.15) is 11.7 Å². The van der Waals surface area contributed by atoms with E-state index in [9.17, 15) is 5.26 Å². The van der Waals surface area contributed by atoms with E-state index in [1.807, 2.05) is 13.1 Å². The van der Waals surface area contributed by atoms with Gasteiger partial charge >= 0.3 is 0 Å². The first-order valence-electron chi connectivity index (χ1n) is 8.15. The van der Waals surface area contributed by atoms with Gasteiger partial charge in [0.25, 0.3) is 0 Å². The van der Waals surface area contributed by atoms with Gasteiger partial charge in [-0.1, -0.05) is 24.3 Å². The summed E-state index contributed by atoms with van der Waals surface area (Å²) in [6, 6.07) is 13.4. The van der Waals surface area contributed by atoms with Crippen LogP contribution in [0.4, 0.5) is 0 Å². The van der Waals surface area contributed by atoms with Gasteiger partial charge in [-0.3, -0.25) is 0 Å². The van der Waals surface area contributed by atoms with Gasteiger partial charge in [-0.15, -0.1) is 0 Å². The van der Waals surface area contributed by atoms with Crippen LogP contribution in [0.15, 0.2) is 36.5 Å². The van der Waals surface area contributed by atoms with Crippen molar-refractivity contribution in [3.05, 3.63) is 64.5 Å². The Balaban J connectivity index is 1.99.